The van der Waals surface area contributed by atoms with Crippen LogP contribution in [0.1, 0.15) is 90.6 Å². The molecule has 0 spiro atoms. The molecule has 0 saturated heterocycles. The number of nitrogens with zero attached hydrogens (tertiary/aromatic N) is 4. The molecule has 1 aliphatic carbocycles. The third kappa shape index (κ3) is 6.44. The molecule has 10 aromatic rings. The molecule has 0 radical (unpaired) electrons. The molecule has 2 unspecified atom stereocenters. The van der Waals surface area contributed by atoms with Gasteiger partial charge in [-0.05, 0) is 83.1 Å². The Kier molecular flexibility index (Phi) is 9.90. The van der Waals surface area contributed by atoms with Crippen molar-refractivity contribution in [1.29, 1.82) is 10.5 Å². The van der Waals surface area contributed by atoms with Crippen LogP contribution in [0.5, 0.6) is 5.75 Å². The number of rotatable bonds is 8. The highest BCUT2D eigenvalue weighted by Gasteiger charge is 2.41. The third-order valence-electron chi connectivity index (χ3n) is 14.4. The van der Waals surface area contributed by atoms with Crippen LogP contribution in [0.2, 0.25) is 0 Å². The first-order valence-corrected chi connectivity index (χ1v) is 23.8. The molecule has 332 valence electrons. The van der Waals surface area contributed by atoms with Gasteiger partial charge in [-0.1, -0.05) is 149 Å². The second kappa shape index (κ2) is 16.3. The van der Waals surface area contributed by atoms with E-state index < -0.39 is 0 Å². The van der Waals surface area contributed by atoms with E-state index in [1.807, 2.05) is 36.4 Å². The molecule has 6 heteroatoms. The zero-order chi connectivity index (χ0) is 47.1. The minimum absolute atomic E-state index is 0.0111. The predicted molar refractivity (Wildman–Crippen MR) is 281 cm³/mol. The van der Waals surface area contributed by atoms with Crippen molar-refractivity contribution in [2.75, 3.05) is 11.9 Å². The van der Waals surface area contributed by atoms with E-state index in [1.54, 1.807) is 0 Å². The lowest BCUT2D eigenvalue weighted by Crippen LogP contribution is -2.20. The molecule has 2 aliphatic rings. The van der Waals surface area contributed by atoms with Crippen molar-refractivity contribution in [3.05, 3.63) is 209 Å². The van der Waals surface area contributed by atoms with Gasteiger partial charge in [-0.15, -0.1) is 0 Å². The monoisotopic (exact) mass is 892 g/mol. The van der Waals surface area contributed by atoms with E-state index in [1.165, 1.54) is 11.1 Å². The first-order valence-electron chi connectivity index (χ1n) is 23.8. The lowest BCUT2D eigenvalue weighted by molar-refractivity contribution is 0.224. The highest BCUT2D eigenvalue weighted by Crippen LogP contribution is 2.57. The summed E-state index contributed by atoms with van der Waals surface area (Å²) in [6.07, 6.45) is 4.46. The zero-order valence-electron chi connectivity index (χ0n) is 39.2. The van der Waals surface area contributed by atoms with Gasteiger partial charge in [0.1, 0.15) is 23.0 Å². The van der Waals surface area contributed by atoms with Gasteiger partial charge in [0.05, 0.1) is 45.9 Å². The number of hydrogen-bond acceptors (Lipinski definition) is 5. The smallest absolute Gasteiger partial charge is 0.143 e. The summed E-state index contributed by atoms with van der Waals surface area (Å²) in [6.45, 7) is 9.17. The van der Waals surface area contributed by atoms with E-state index in [2.05, 4.69) is 196 Å². The molecule has 6 nitrogen and oxygen atoms in total. The van der Waals surface area contributed by atoms with Gasteiger partial charge in [0, 0.05) is 73.8 Å². The Hall–Kier alpha value is -8.58. The second-order valence-corrected chi connectivity index (χ2v) is 18.9. The number of benzene rings is 8. The number of aromatic nitrogens is 1. The van der Waals surface area contributed by atoms with E-state index >= 15 is 0 Å². The van der Waals surface area contributed by atoms with Crippen molar-refractivity contribution in [3.8, 4) is 57.0 Å². The van der Waals surface area contributed by atoms with Crippen molar-refractivity contribution in [2.45, 2.75) is 51.6 Å². The molecule has 0 saturated carbocycles. The summed E-state index contributed by atoms with van der Waals surface area (Å²) in [7, 11) is 2.21. The Morgan fingerprint density at radius 3 is 1.93 bits per heavy atom. The van der Waals surface area contributed by atoms with Gasteiger partial charge in [-0.3, -0.25) is 0 Å². The molecular formula is C63H48N4O2. The highest BCUT2D eigenvalue weighted by molar-refractivity contribution is 6.11. The first kappa shape index (κ1) is 41.8. The summed E-state index contributed by atoms with van der Waals surface area (Å²) >= 11 is 0. The molecule has 0 bridgehead atoms. The Labute approximate surface area is 402 Å². The molecule has 69 heavy (non-hydrogen) atoms. The minimum atomic E-state index is -0.202. The Morgan fingerprint density at radius 2 is 1.20 bits per heavy atom. The van der Waals surface area contributed by atoms with E-state index in [4.69, 9.17) is 9.15 Å². The maximum Gasteiger partial charge on any atom is 0.143 e. The Morgan fingerprint density at radius 1 is 0.594 bits per heavy atom. The molecule has 1 aliphatic heterocycles. The summed E-state index contributed by atoms with van der Waals surface area (Å²) < 4.78 is 16.2. The number of anilines is 2. The summed E-state index contributed by atoms with van der Waals surface area (Å²) in [4.78, 5) is 2.40. The number of hydrogen-bond donors (Lipinski definition) is 0. The summed E-state index contributed by atoms with van der Waals surface area (Å²) in [5, 5.41) is 23.5. The fraction of sp³-hybridized carbons (Fsp3) is 0.143. The normalized spacial score (nSPS) is 14.7. The molecule has 8 aromatic carbocycles. The Bertz CT molecular complexity index is 3820. The quantitative estimate of drug-likeness (QED) is 0.152. The summed E-state index contributed by atoms with van der Waals surface area (Å²) in [5.41, 5.74) is 19.3. The lowest BCUT2D eigenvalue weighted by atomic mass is 9.78. The topological polar surface area (TPSA) is 78.1 Å². The molecule has 2 atom stereocenters. The van der Waals surface area contributed by atoms with Crippen LogP contribution in [0.25, 0.3) is 78.0 Å². The van der Waals surface area contributed by atoms with E-state index in [0.717, 1.165) is 106 Å². The number of fused-ring (bicyclic) bond motifs is 10. The molecule has 2 aromatic heterocycles. The van der Waals surface area contributed by atoms with Gasteiger partial charge in [0.15, 0.2) is 0 Å². The van der Waals surface area contributed by atoms with Crippen LogP contribution in [0.15, 0.2) is 174 Å². The van der Waals surface area contributed by atoms with Crippen molar-refractivity contribution in [3.63, 3.8) is 0 Å². The van der Waals surface area contributed by atoms with E-state index in [-0.39, 0.29) is 23.9 Å². The van der Waals surface area contributed by atoms with Crippen molar-refractivity contribution >= 4 is 50.3 Å². The Balaban J connectivity index is 1.23. The van der Waals surface area contributed by atoms with Crippen molar-refractivity contribution in [2.24, 2.45) is 0 Å². The van der Waals surface area contributed by atoms with Gasteiger partial charge < -0.3 is 18.6 Å². The van der Waals surface area contributed by atoms with Crippen LogP contribution >= 0.6 is 0 Å². The fourth-order valence-electron chi connectivity index (χ4n) is 11.4. The average Bonchev–Trinajstić information content (AvgIpc) is 4.07. The zero-order valence-corrected chi connectivity index (χ0v) is 39.2. The highest BCUT2D eigenvalue weighted by atomic mass is 16.5. The molecule has 3 heterocycles. The number of furan rings is 1. The van der Waals surface area contributed by atoms with E-state index in [0.29, 0.717) is 11.1 Å². The maximum absolute atomic E-state index is 10.1. The molecule has 0 fully saturated rings. The maximum atomic E-state index is 10.1. The van der Waals surface area contributed by atoms with Crippen LogP contribution < -0.4 is 9.64 Å². The van der Waals surface area contributed by atoms with Gasteiger partial charge >= 0.3 is 0 Å². The van der Waals surface area contributed by atoms with Crippen LogP contribution in [-0.2, 0) is 0 Å². The van der Waals surface area contributed by atoms with Gasteiger partial charge in [-0.2, -0.15) is 10.5 Å². The van der Waals surface area contributed by atoms with Crippen LogP contribution in [0.3, 0.4) is 0 Å². The van der Waals surface area contributed by atoms with Crippen LogP contribution in [0.4, 0.5) is 11.4 Å². The summed E-state index contributed by atoms with van der Waals surface area (Å²) in [5.74, 6) is 1.01. The first-order chi connectivity index (χ1) is 33.7. The third-order valence-corrected chi connectivity index (χ3v) is 14.4. The predicted octanol–water partition coefficient (Wildman–Crippen LogP) is 16.5. The van der Waals surface area contributed by atoms with Gasteiger partial charge in [-0.25, -0.2) is 0 Å². The van der Waals surface area contributed by atoms with Gasteiger partial charge in [0.2, 0.25) is 0 Å². The standard InChI is InChI=1S/C63H48N4O2/c1-37(2)55-57(41-29-25-39(35-64)26-30-41)60(66(5)50-21-10-6-15-43(50)46-19-14-20-47-44-16-8-12-23-53(44)68-62(46)47)56(38(3)4)61(58(55)42-31-27-40(36-65)28-32-42)67-51-22-11-7-18-49(51)59-52(67)34-33-48-45-17-9-13-24-54(45)69-63(48)59/h6-34,37-38,48,63H,1-5H3. The van der Waals surface area contributed by atoms with Crippen molar-refractivity contribution in [1.82, 2.24) is 4.57 Å². The van der Waals surface area contributed by atoms with Crippen LogP contribution in [0, 0.1) is 22.7 Å². The minimum Gasteiger partial charge on any atom is -0.484 e. The summed E-state index contributed by atoms with van der Waals surface area (Å²) in [6, 6.07) is 61.5. The average molecular weight is 893 g/mol. The fourth-order valence-corrected chi connectivity index (χ4v) is 11.4. The van der Waals surface area contributed by atoms with Crippen molar-refractivity contribution < 1.29 is 9.15 Å². The second-order valence-electron chi connectivity index (χ2n) is 18.9. The molecular weight excluding hydrogens is 845 g/mol. The van der Waals surface area contributed by atoms with E-state index in [9.17, 15) is 10.5 Å². The van der Waals surface area contributed by atoms with Gasteiger partial charge in [0.25, 0.3) is 0 Å². The number of nitriles is 2. The number of para-hydroxylation sites is 5. The molecule has 0 amide bonds. The number of ether oxygens (including phenoxy) is 1. The molecule has 12 rings (SSSR count). The largest absolute Gasteiger partial charge is 0.484 e. The lowest BCUT2D eigenvalue weighted by Gasteiger charge is -2.36. The SMILES string of the molecule is CC(C)c1c(-c2ccc(C#N)cc2)c(N(C)c2ccccc2-c2cccc3c2oc2ccccc23)c(C(C)C)c(-n2c3c(c4ccccc42)C2Oc4ccccc4C2C=C3)c1-c1ccc(C#N)cc1. The molecule has 0 N–H and O–H groups in total. The van der Waals surface area contributed by atoms with Crippen LogP contribution in [-0.4, -0.2) is 11.6 Å².